The Bertz CT molecular complexity index is 755. The van der Waals surface area contributed by atoms with Crippen LogP contribution in [0.25, 0.3) is 0 Å². The fourth-order valence-corrected chi connectivity index (χ4v) is 2.55. The number of carboxylic acids is 1. The van der Waals surface area contributed by atoms with E-state index in [0.29, 0.717) is 32.7 Å². The van der Waals surface area contributed by atoms with Gasteiger partial charge in [0.05, 0.1) is 28.1 Å². The summed E-state index contributed by atoms with van der Waals surface area (Å²) in [6.07, 6.45) is -0.278. The van der Waals surface area contributed by atoms with Crippen LogP contribution in [0.2, 0.25) is 10.0 Å². The van der Waals surface area contributed by atoms with Crippen LogP contribution in [0.1, 0.15) is 39.9 Å². The van der Waals surface area contributed by atoms with Gasteiger partial charge in [-0.1, -0.05) is 29.3 Å². The maximum atomic E-state index is 12.4. The molecular formula is C16H15Cl2NO4. The number of benzene rings is 1. The molecule has 2 rings (SSSR count). The number of aliphatic carboxylic acids is 1. The Labute approximate surface area is 143 Å². The predicted octanol–water partition coefficient (Wildman–Crippen LogP) is 4.15. The van der Waals surface area contributed by atoms with E-state index in [1.165, 1.54) is 0 Å². The fraction of sp³-hybridized carbons (Fsp3) is 0.250. The minimum absolute atomic E-state index is 0.278. The lowest BCUT2D eigenvalue weighted by Crippen LogP contribution is -2.30. The highest BCUT2D eigenvalue weighted by atomic mass is 35.5. The van der Waals surface area contributed by atoms with Crippen LogP contribution in [-0.2, 0) is 4.79 Å². The summed E-state index contributed by atoms with van der Waals surface area (Å²) in [4.78, 5) is 23.5. The number of halogens is 2. The number of furan rings is 1. The van der Waals surface area contributed by atoms with Gasteiger partial charge in [0.25, 0.3) is 5.91 Å². The molecule has 2 N–H and O–H groups in total. The van der Waals surface area contributed by atoms with Gasteiger partial charge in [-0.2, -0.15) is 0 Å². The molecule has 0 radical (unpaired) electrons. The first-order valence-electron chi connectivity index (χ1n) is 6.82. The molecule has 5 nitrogen and oxygen atoms in total. The van der Waals surface area contributed by atoms with Gasteiger partial charge >= 0.3 is 5.97 Å². The molecule has 1 heterocycles. The summed E-state index contributed by atoms with van der Waals surface area (Å²) in [6, 6.07) is 5.62. The summed E-state index contributed by atoms with van der Waals surface area (Å²) in [6.45, 7) is 3.41. The molecular weight excluding hydrogens is 341 g/mol. The second kappa shape index (κ2) is 7.06. The number of aryl methyl sites for hydroxylation is 2. The molecule has 1 unspecified atom stereocenters. The SMILES string of the molecule is Cc1cc(C(=O)NC(CC(=O)O)c2ccc(Cl)c(Cl)c2)c(C)o1. The minimum Gasteiger partial charge on any atom is -0.481 e. The molecule has 1 aromatic carbocycles. The standard InChI is InChI=1S/C16H15Cl2NO4/c1-8-5-11(9(2)23-8)16(22)19-14(7-15(20)21)10-3-4-12(17)13(18)6-10/h3-6,14H,7H2,1-2H3,(H,19,22)(H,20,21). The van der Waals surface area contributed by atoms with E-state index in [2.05, 4.69) is 5.32 Å². The fourth-order valence-electron chi connectivity index (χ4n) is 2.25. The summed E-state index contributed by atoms with van der Waals surface area (Å²) >= 11 is 11.8. The number of hydrogen-bond donors (Lipinski definition) is 2. The molecule has 0 fully saturated rings. The highest BCUT2D eigenvalue weighted by Gasteiger charge is 2.22. The molecule has 0 aliphatic carbocycles. The number of rotatable bonds is 5. The van der Waals surface area contributed by atoms with Gasteiger partial charge in [0.1, 0.15) is 11.5 Å². The van der Waals surface area contributed by atoms with Crippen molar-refractivity contribution in [3.63, 3.8) is 0 Å². The van der Waals surface area contributed by atoms with Crippen molar-refractivity contribution in [3.05, 3.63) is 57.0 Å². The quantitative estimate of drug-likeness (QED) is 0.844. The van der Waals surface area contributed by atoms with E-state index < -0.39 is 17.9 Å². The smallest absolute Gasteiger partial charge is 0.305 e. The Morgan fingerprint density at radius 2 is 1.91 bits per heavy atom. The number of amides is 1. The maximum Gasteiger partial charge on any atom is 0.305 e. The van der Waals surface area contributed by atoms with Gasteiger partial charge in [-0.25, -0.2) is 0 Å². The lowest BCUT2D eigenvalue weighted by Gasteiger charge is -2.18. The average Bonchev–Trinajstić information content (AvgIpc) is 2.79. The third-order valence-electron chi connectivity index (χ3n) is 3.32. The van der Waals surface area contributed by atoms with Crippen LogP contribution < -0.4 is 5.32 Å². The van der Waals surface area contributed by atoms with Crippen molar-refractivity contribution in [2.24, 2.45) is 0 Å². The molecule has 1 aromatic heterocycles. The van der Waals surface area contributed by atoms with Gasteiger partial charge in [-0.05, 0) is 37.6 Å². The Balaban J connectivity index is 2.28. The van der Waals surface area contributed by atoms with Crippen molar-refractivity contribution in [3.8, 4) is 0 Å². The molecule has 0 saturated heterocycles. The second-order valence-corrected chi connectivity index (χ2v) is 5.94. The van der Waals surface area contributed by atoms with Gasteiger partial charge in [-0.15, -0.1) is 0 Å². The van der Waals surface area contributed by atoms with E-state index in [-0.39, 0.29) is 6.42 Å². The normalized spacial score (nSPS) is 12.0. The third kappa shape index (κ3) is 4.27. The maximum absolute atomic E-state index is 12.4. The Morgan fingerprint density at radius 3 is 2.43 bits per heavy atom. The highest BCUT2D eigenvalue weighted by molar-refractivity contribution is 6.42. The molecule has 122 valence electrons. The third-order valence-corrected chi connectivity index (χ3v) is 4.05. The van der Waals surface area contributed by atoms with Crippen LogP contribution in [0, 0.1) is 13.8 Å². The molecule has 23 heavy (non-hydrogen) atoms. The van der Waals surface area contributed by atoms with Crippen LogP contribution in [0.3, 0.4) is 0 Å². The van der Waals surface area contributed by atoms with E-state index in [4.69, 9.17) is 32.7 Å². The van der Waals surface area contributed by atoms with Crippen molar-refractivity contribution < 1.29 is 19.1 Å². The second-order valence-electron chi connectivity index (χ2n) is 5.12. The molecule has 0 bridgehead atoms. The Hall–Kier alpha value is -1.98. The Morgan fingerprint density at radius 1 is 1.22 bits per heavy atom. The van der Waals surface area contributed by atoms with Crippen LogP contribution in [-0.4, -0.2) is 17.0 Å². The van der Waals surface area contributed by atoms with E-state index >= 15 is 0 Å². The molecule has 1 atom stereocenters. The minimum atomic E-state index is -1.04. The number of hydrogen-bond acceptors (Lipinski definition) is 3. The first-order chi connectivity index (χ1) is 10.8. The molecule has 0 saturated carbocycles. The topological polar surface area (TPSA) is 79.5 Å². The summed E-state index contributed by atoms with van der Waals surface area (Å²) in [7, 11) is 0. The largest absolute Gasteiger partial charge is 0.481 e. The molecule has 2 aromatic rings. The number of nitrogens with one attached hydrogen (secondary N) is 1. The summed E-state index contributed by atoms with van der Waals surface area (Å²) in [5, 5.41) is 12.4. The van der Waals surface area contributed by atoms with Crippen molar-refractivity contribution in [2.75, 3.05) is 0 Å². The molecule has 1 amide bonds. The van der Waals surface area contributed by atoms with Crippen molar-refractivity contribution >= 4 is 35.1 Å². The van der Waals surface area contributed by atoms with Crippen molar-refractivity contribution in [1.29, 1.82) is 0 Å². The van der Waals surface area contributed by atoms with Crippen molar-refractivity contribution in [2.45, 2.75) is 26.3 Å². The van der Waals surface area contributed by atoms with Crippen LogP contribution in [0.4, 0.5) is 0 Å². The van der Waals surface area contributed by atoms with Gasteiger partial charge in [0.2, 0.25) is 0 Å². The van der Waals surface area contributed by atoms with Crippen LogP contribution in [0.5, 0.6) is 0 Å². The monoisotopic (exact) mass is 355 g/mol. The summed E-state index contributed by atoms with van der Waals surface area (Å²) in [5.74, 6) is -0.363. The van der Waals surface area contributed by atoms with Gasteiger partial charge in [0.15, 0.2) is 0 Å². The van der Waals surface area contributed by atoms with Crippen LogP contribution >= 0.6 is 23.2 Å². The molecule has 0 aliphatic rings. The zero-order chi connectivity index (χ0) is 17.1. The van der Waals surface area contributed by atoms with E-state index in [1.807, 2.05) is 0 Å². The Kier molecular flexibility index (Phi) is 5.34. The predicted molar refractivity (Wildman–Crippen MR) is 87.1 cm³/mol. The molecule has 0 spiro atoms. The summed E-state index contributed by atoms with van der Waals surface area (Å²) in [5.41, 5.74) is 0.936. The number of carbonyl (C=O) groups excluding carboxylic acids is 1. The molecule has 0 aliphatic heterocycles. The van der Waals surface area contributed by atoms with E-state index in [0.717, 1.165) is 0 Å². The highest BCUT2D eigenvalue weighted by Crippen LogP contribution is 2.27. The van der Waals surface area contributed by atoms with Crippen molar-refractivity contribution in [1.82, 2.24) is 5.32 Å². The lowest BCUT2D eigenvalue weighted by molar-refractivity contribution is -0.137. The zero-order valence-corrected chi connectivity index (χ0v) is 14.0. The number of carbonyl (C=O) groups is 2. The number of carboxylic acid groups (broad SMARTS) is 1. The first kappa shape index (κ1) is 17.4. The van der Waals surface area contributed by atoms with Gasteiger partial charge in [0, 0.05) is 0 Å². The van der Waals surface area contributed by atoms with E-state index in [1.54, 1.807) is 38.1 Å². The summed E-state index contributed by atoms with van der Waals surface area (Å²) < 4.78 is 5.32. The first-order valence-corrected chi connectivity index (χ1v) is 7.58. The van der Waals surface area contributed by atoms with E-state index in [9.17, 15) is 9.59 Å². The molecule has 7 heteroatoms. The lowest BCUT2D eigenvalue weighted by atomic mass is 10.0. The van der Waals surface area contributed by atoms with Gasteiger partial charge < -0.3 is 14.8 Å². The van der Waals surface area contributed by atoms with Gasteiger partial charge in [-0.3, -0.25) is 9.59 Å². The van der Waals surface area contributed by atoms with Crippen LogP contribution in [0.15, 0.2) is 28.7 Å². The zero-order valence-electron chi connectivity index (χ0n) is 12.5. The average molecular weight is 356 g/mol.